The minimum Gasteiger partial charge on any atom is -0.393 e. The monoisotopic (exact) mass is 392 g/mol. The molecule has 2 N–H and O–H groups in total. The molecule has 2 atom stereocenters. The highest BCUT2D eigenvalue weighted by atomic mass is 32.2. The molecule has 0 aliphatic rings. The van der Waals surface area contributed by atoms with Crippen LogP contribution >= 0.6 is 0 Å². The van der Waals surface area contributed by atoms with Gasteiger partial charge in [0.1, 0.15) is 0 Å². The van der Waals surface area contributed by atoms with Crippen molar-refractivity contribution in [2.75, 3.05) is 0 Å². The lowest BCUT2D eigenvalue weighted by Gasteiger charge is -2.13. The van der Waals surface area contributed by atoms with E-state index in [1.54, 1.807) is 0 Å². The Morgan fingerprint density at radius 2 is 1.00 bits per heavy atom. The SMILES string of the molecule is CCCCCC(CCCCCCCCCCCCCC(C)O)S(=O)(=O)O. The molecule has 0 amide bonds. The van der Waals surface area contributed by atoms with Gasteiger partial charge >= 0.3 is 0 Å². The fourth-order valence-electron chi connectivity index (χ4n) is 3.47. The third kappa shape index (κ3) is 17.3. The molecule has 2 unspecified atom stereocenters. The highest BCUT2D eigenvalue weighted by molar-refractivity contribution is 7.86. The number of aliphatic hydroxyl groups is 1. The largest absolute Gasteiger partial charge is 0.393 e. The number of rotatable bonds is 19. The predicted molar refractivity (Wildman–Crippen MR) is 111 cm³/mol. The highest BCUT2D eigenvalue weighted by Gasteiger charge is 2.21. The first-order valence-electron chi connectivity index (χ1n) is 11.0. The van der Waals surface area contributed by atoms with Crippen LogP contribution in [0.1, 0.15) is 123 Å². The third-order valence-electron chi connectivity index (χ3n) is 5.20. The van der Waals surface area contributed by atoms with E-state index >= 15 is 0 Å². The van der Waals surface area contributed by atoms with Gasteiger partial charge in [0.25, 0.3) is 10.1 Å². The second-order valence-electron chi connectivity index (χ2n) is 7.95. The Morgan fingerprint density at radius 3 is 1.35 bits per heavy atom. The van der Waals surface area contributed by atoms with Gasteiger partial charge < -0.3 is 5.11 Å². The number of aliphatic hydroxyl groups excluding tert-OH is 1. The molecule has 0 fully saturated rings. The maximum Gasteiger partial charge on any atom is 0.267 e. The van der Waals surface area contributed by atoms with Crippen LogP contribution in [0.5, 0.6) is 0 Å². The van der Waals surface area contributed by atoms with Gasteiger partial charge in [-0.1, -0.05) is 96.8 Å². The van der Waals surface area contributed by atoms with E-state index in [0.29, 0.717) is 12.8 Å². The Kier molecular flexibility index (Phi) is 16.9. The molecule has 0 radical (unpaired) electrons. The van der Waals surface area contributed by atoms with Crippen LogP contribution in [0.25, 0.3) is 0 Å². The lowest BCUT2D eigenvalue weighted by atomic mass is 10.0. The van der Waals surface area contributed by atoms with Gasteiger partial charge in [0, 0.05) is 0 Å². The van der Waals surface area contributed by atoms with Crippen LogP contribution in [0, 0.1) is 0 Å². The predicted octanol–water partition coefficient (Wildman–Crippen LogP) is 6.28. The summed E-state index contributed by atoms with van der Waals surface area (Å²) in [7, 11) is -3.88. The first-order valence-corrected chi connectivity index (χ1v) is 12.5. The molecular formula is C21H44O4S. The van der Waals surface area contributed by atoms with Gasteiger partial charge in [0.15, 0.2) is 0 Å². The van der Waals surface area contributed by atoms with Crippen LogP contribution in [0.15, 0.2) is 0 Å². The molecule has 0 saturated carbocycles. The smallest absolute Gasteiger partial charge is 0.267 e. The number of hydrogen-bond acceptors (Lipinski definition) is 3. The average molecular weight is 393 g/mol. The van der Waals surface area contributed by atoms with E-state index in [2.05, 4.69) is 6.92 Å². The Balaban J connectivity index is 3.47. The lowest BCUT2D eigenvalue weighted by molar-refractivity contribution is 0.180. The summed E-state index contributed by atoms with van der Waals surface area (Å²) in [6.45, 7) is 3.95. The van der Waals surface area contributed by atoms with E-state index in [9.17, 15) is 18.1 Å². The van der Waals surface area contributed by atoms with Gasteiger partial charge in [-0.25, -0.2) is 0 Å². The second kappa shape index (κ2) is 17.0. The van der Waals surface area contributed by atoms with Crippen LogP contribution < -0.4 is 0 Å². The van der Waals surface area contributed by atoms with Gasteiger partial charge in [-0.05, 0) is 26.2 Å². The minimum atomic E-state index is -3.88. The number of unbranched alkanes of at least 4 members (excludes halogenated alkanes) is 12. The normalized spacial score (nSPS) is 14.5. The molecule has 0 aliphatic heterocycles. The zero-order chi connectivity index (χ0) is 19.7. The first kappa shape index (κ1) is 25.9. The Bertz CT molecular complexity index is 393. The summed E-state index contributed by atoms with van der Waals surface area (Å²) in [5.74, 6) is 0. The van der Waals surface area contributed by atoms with Crippen molar-refractivity contribution in [1.29, 1.82) is 0 Å². The van der Waals surface area contributed by atoms with Crippen LogP contribution in [0.2, 0.25) is 0 Å². The molecule has 0 aromatic carbocycles. The summed E-state index contributed by atoms with van der Waals surface area (Å²) in [4.78, 5) is 0. The van der Waals surface area contributed by atoms with Crippen LogP contribution in [0.4, 0.5) is 0 Å². The topological polar surface area (TPSA) is 74.6 Å². The van der Waals surface area contributed by atoms with Crippen molar-refractivity contribution in [3.63, 3.8) is 0 Å². The summed E-state index contributed by atoms with van der Waals surface area (Å²) < 4.78 is 32.2. The maximum atomic E-state index is 11.4. The van der Waals surface area contributed by atoms with Crippen molar-refractivity contribution >= 4 is 10.1 Å². The summed E-state index contributed by atoms with van der Waals surface area (Å²) in [5, 5.41) is 8.64. The second-order valence-corrected chi connectivity index (χ2v) is 9.64. The fourth-order valence-corrected chi connectivity index (χ4v) is 4.40. The van der Waals surface area contributed by atoms with Crippen LogP contribution in [-0.2, 0) is 10.1 Å². The quantitative estimate of drug-likeness (QED) is 0.200. The Labute approximate surface area is 162 Å². The summed E-state index contributed by atoms with van der Waals surface area (Å²) in [6, 6.07) is 0. The van der Waals surface area contributed by atoms with Crippen molar-refractivity contribution < 1.29 is 18.1 Å². The van der Waals surface area contributed by atoms with Gasteiger partial charge in [-0.15, -0.1) is 0 Å². The van der Waals surface area contributed by atoms with E-state index in [4.69, 9.17) is 0 Å². The first-order chi connectivity index (χ1) is 12.4. The van der Waals surface area contributed by atoms with E-state index in [0.717, 1.165) is 44.9 Å². The molecule has 0 heterocycles. The molecule has 26 heavy (non-hydrogen) atoms. The molecule has 0 aromatic rings. The molecule has 0 saturated heterocycles. The average Bonchev–Trinajstić information content (AvgIpc) is 2.56. The van der Waals surface area contributed by atoms with E-state index in [1.165, 1.54) is 51.4 Å². The van der Waals surface area contributed by atoms with Crippen molar-refractivity contribution in [2.24, 2.45) is 0 Å². The van der Waals surface area contributed by atoms with Crippen molar-refractivity contribution in [2.45, 2.75) is 134 Å². The van der Waals surface area contributed by atoms with Gasteiger partial charge in [0.2, 0.25) is 0 Å². The number of hydrogen-bond donors (Lipinski definition) is 2. The van der Waals surface area contributed by atoms with Gasteiger partial charge in [-0.2, -0.15) is 8.42 Å². The third-order valence-corrected chi connectivity index (χ3v) is 6.51. The summed E-state index contributed by atoms with van der Waals surface area (Å²) >= 11 is 0. The maximum absolute atomic E-state index is 11.4. The molecule has 0 bridgehead atoms. The molecule has 158 valence electrons. The van der Waals surface area contributed by atoms with E-state index in [-0.39, 0.29) is 6.10 Å². The Morgan fingerprint density at radius 1 is 0.654 bits per heavy atom. The molecule has 0 spiro atoms. The van der Waals surface area contributed by atoms with E-state index < -0.39 is 15.4 Å². The summed E-state index contributed by atoms with van der Waals surface area (Å²) in [6.07, 6.45) is 18.2. The molecule has 0 aromatic heterocycles. The fraction of sp³-hybridized carbons (Fsp3) is 1.00. The summed E-state index contributed by atoms with van der Waals surface area (Å²) in [5.41, 5.74) is 0. The van der Waals surface area contributed by atoms with Gasteiger partial charge in [0.05, 0.1) is 11.4 Å². The minimum absolute atomic E-state index is 0.154. The van der Waals surface area contributed by atoms with Gasteiger partial charge in [-0.3, -0.25) is 4.55 Å². The Hall–Kier alpha value is -0.130. The van der Waals surface area contributed by atoms with E-state index in [1.807, 2.05) is 6.92 Å². The molecule has 5 heteroatoms. The lowest BCUT2D eigenvalue weighted by Crippen LogP contribution is -2.20. The van der Waals surface area contributed by atoms with Crippen LogP contribution in [0.3, 0.4) is 0 Å². The molecular weight excluding hydrogens is 348 g/mol. The zero-order valence-electron chi connectivity index (χ0n) is 17.3. The standard InChI is InChI=1S/C21H44O4S/c1-3-4-14-18-21(26(23,24)25)19-16-13-11-9-7-5-6-8-10-12-15-17-20(2)22/h20-22H,3-19H2,1-2H3,(H,23,24,25). The zero-order valence-corrected chi connectivity index (χ0v) is 18.1. The van der Waals surface area contributed by atoms with Crippen molar-refractivity contribution in [1.82, 2.24) is 0 Å². The highest BCUT2D eigenvalue weighted by Crippen LogP contribution is 2.19. The molecule has 0 aliphatic carbocycles. The van der Waals surface area contributed by atoms with Crippen molar-refractivity contribution in [3.8, 4) is 0 Å². The van der Waals surface area contributed by atoms with Crippen molar-refractivity contribution in [3.05, 3.63) is 0 Å². The molecule has 4 nitrogen and oxygen atoms in total. The molecule has 0 rings (SSSR count). The van der Waals surface area contributed by atoms with Crippen LogP contribution in [-0.4, -0.2) is 29.4 Å².